The van der Waals surface area contributed by atoms with Crippen molar-refractivity contribution in [3.8, 4) is 0 Å². The summed E-state index contributed by atoms with van der Waals surface area (Å²) in [6, 6.07) is 4.87. The van der Waals surface area contributed by atoms with Crippen molar-refractivity contribution in [1.82, 2.24) is 14.7 Å². The summed E-state index contributed by atoms with van der Waals surface area (Å²) in [5.41, 5.74) is 6.58. The number of anilines is 1. The number of aromatic amines is 1. The lowest BCUT2D eigenvalue weighted by Crippen LogP contribution is -2.26. The zero-order valence-electron chi connectivity index (χ0n) is 9.63. The van der Waals surface area contributed by atoms with Gasteiger partial charge in [-0.25, -0.2) is 18.1 Å². The normalized spacial score (nSPS) is 11.6. The molecule has 0 saturated heterocycles. The van der Waals surface area contributed by atoms with Crippen LogP contribution in [0, 0.1) is 0 Å². The molecule has 6 nitrogen and oxygen atoms in total. The Kier molecular flexibility index (Phi) is 3.63. The fourth-order valence-corrected chi connectivity index (χ4v) is 2.66. The predicted molar refractivity (Wildman–Crippen MR) is 68.3 cm³/mol. The van der Waals surface area contributed by atoms with Crippen LogP contribution in [0.25, 0.3) is 0 Å². The molecule has 0 aliphatic rings. The monoisotopic (exact) mass is 266 g/mol. The number of H-pyrrole nitrogens is 1. The van der Waals surface area contributed by atoms with Crippen molar-refractivity contribution in [3.05, 3.63) is 42.4 Å². The van der Waals surface area contributed by atoms with Crippen LogP contribution in [0.1, 0.15) is 5.56 Å². The Bertz CT molecular complexity index is 608. The third kappa shape index (κ3) is 2.88. The minimum Gasteiger partial charge on any atom is -0.383 e. The van der Waals surface area contributed by atoms with Crippen molar-refractivity contribution in [3.63, 3.8) is 0 Å². The first kappa shape index (κ1) is 12.6. The second-order valence-corrected chi connectivity index (χ2v) is 5.49. The lowest BCUT2D eigenvalue weighted by Gasteiger charge is -2.07. The lowest BCUT2D eigenvalue weighted by atomic mass is 10.2. The van der Waals surface area contributed by atoms with Crippen molar-refractivity contribution in [2.45, 2.75) is 11.3 Å². The van der Waals surface area contributed by atoms with E-state index in [-0.39, 0.29) is 10.7 Å². The van der Waals surface area contributed by atoms with Crippen molar-refractivity contribution >= 4 is 15.8 Å². The number of nitrogens with two attached hydrogens (primary N) is 1. The number of hydrogen-bond donors (Lipinski definition) is 3. The first-order chi connectivity index (χ1) is 8.59. The molecule has 2 aromatic rings. The maximum Gasteiger partial charge on any atom is 0.244 e. The summed E-state index contributed by atoms with van der Waals surface area (Å²) in [5, 5.41) is 0. The molecular formula is C11H14N4O2S. The molecule has 0 unspecified atom stereocenters. The molecule has 0 aliphatic heterocycles. The molecule has 0 amide bonds. The van der Waals surface area contributed by atoms with Crippen LogP contribution in [0.2, 0.25) is 0 Å². The van der Waals surface area contributed by atoms with Gasteiger partial charge in [-0.15, -0.1) is 0 Å². The van der Waals surface area contributed by atoms with Crippen molar-refractivity contribution in [2.75, 3.05) is 12.3 Å². The van der Waals surface area contributed by atoms with E-state index in [2.05, 4.69) is 14.7 Å². The molecule has 2 aromatic heterocycles. The number of hydrogen-bond acceptors (Lipinski definition) is 4. The second kappa shape index (κ2) is 5.19. The summed E-state index contributed by atoms with van der Waals surface area (Å²) in [6.45, 7) is 0.314. The zero-order chi connectivity index (χ0) is 13.0. The van der Waals surface area contributed by atoms with Gasteiger partial charge in [0.25, 0.3) is 0 Å². The number of nitrogen functional groups attached to an aromatic ring is 1. The molecule has 0 fully saturated rings. The Hall–Kier alpha value is -1.86. The summed E-state index contributed by atoms with van der Waals surface area (Å²) in [6.07, 6.45) is 5.69. The molecule has 0 aliphatic carbocycles. The molecule has 0 atom stereocenters. The fraction of sp³-hybridized carbons (Fsp3) is 0.182. The molecule has 4 N–H and O–H groups in total. The van der Waals surface area contributed by atoms with E-state index in [1.54, 1.807) is 6.20 Å². The van der Waals surface area contributed by atoms with Gasteiger partial charge >= 0.3 is 0 Å². The Labute approximate surface area is 105 Å². The van der Waals surface area contributed by atoms with Gasteiger partial charge in [-0.1, -0.05) is 0 Å². The number of aromatic nitrogens is 2. The molecule has 0 bridgehead atoms. The van der Waals surface area contributed by atoms with Gasteiger partial charge in [0.15, 0.2) is 0 Å². The van der Waals surface area contributed by atoms with Crippen molar-refractivity contribution in [1.29, 1.82) is 0 Å². The highest BCUT2D eigenvalue weighted by atomic mass is 32.2. The summed E-state index contributed by atoms with van der Waals surface area (Å²) in [4.78, 5) is 6.68. The first-order valence-electron chi connectivity index (χ1n) is 5.41. The average Bonchev–Trinajstić information content (AvgIpc) is 2.82. The fourth-order valence-electron chi connectivity index (χ4n) is 1.55. The largest absolute Gasteiger partial charge is 0.383 e. The highest BCUT2D eigenvalue weighted by Gasteiger charge is 2.16. The van der Waals surface area contributed by atoms with E-state index in [0.717, 1.165) is 5.56 Å². The molecule has 96 valence electrons. The van der Waals surface area contributed by atoms with E-state index in [1.807, 2.05) is 12.3 Å². The third-order valence-electron chi connectivity index (χ3n) is 2.46. The van der Waals surface area contributed by atoms with Gasteiger partial charge < -0.3 is 10.7 Å². The maximum absolute atomic E-state index is 11.9. The van der Waals surface area contributed by atoms with Crippen molar-refractivity contribution < 1.29 is 8.42 Å². The Morgan fingerprint density at radius 3 is 2.89 bits per heavy atom. The smallest absolute Gasteiger partial charge is 0.244 e. The molecule has 2 heterocycles. The average molecular weight is 266 g/mol. The van der Waals surface area contributed by atoms with Crippen LogP contribution in [-0.2, 0) is 16.4 Å². The molecule has 0 radical (unpaired) electrons. The zero-order valence-corrected chi connectivity index (χ0v) is 10.4. The van der Waals surface area contributed by atoms with Crippen molar-refractivity contribution in [2.24, 2.45) is 0 Å². The van der Waals surface area contributed by atoms with Gasteiger partial charge in [0.1, 0.15) is 10.7 Å². The van der Waals surface area contributed by atoms with E-state index >= 15 is 0 Å². The van der Waals surface area contributed by atoms with Gasteiger partial charge in [0, 0.05) is 25.1 Å². The van der Waals surface area contributed by atoms with E-state index in [0.29, 0.717) is 13.0 Å². The number of pyridine rings is 1. The minimum atomic E-state index is -3.59. The van der Waals surface area contributed by atoms with Gasteiger partial charge in [0.05, 0.1) is 0 Å². The first-order valence-corrected chi connectivity index (χ1v) is 6.90. The summed E-state index contributed by atoms with van der Waals surface area (Å²) in [5.74, 6) is 0.00615. The summed E-state index contributed by atoms with van der Waals surface area (Å²) >= 11 is 0. The maximum atomic E-state index is 11.9. The molecule has 18 heavy (non-hydrogen) atoms. The molecular weight excluding hydrogens is 252 g/mol. The quantitative estimate of drug-likeness (QED) is 0.734. The predicted octanol–water partition coefficient (Wildman–Crippen LogP) is 0.513. The van der Waals surface area contributed by atoms with Crippen LogP contribution < -0.4 is 10.5 Å². The molecule has 0 spiro atoms. The van der Waals surface area contributed by atoms with Crippen LogP contribution in [0.15, 0.2) is 41.7 Å². The van der Waals surface area contributed by atoms with E-state index in [9.17, 15) is 8.42 Å². The summed E-state index contributed by atoms with van der Waals surface area (Å²) in [7, 11) is -3.59. The Morgan fingerprint density at radius 2 is 2.22 bits per heavy atom. The van der Waals surface area contributed by atoms with Crippen LogP contribution in [0.4, 0.5) is 5.82 Å². The highest BCUT2D eigenvalue weighted by Crippen LogP contribution is 2.13. The lowest BCUT2D eigenvalue weighted by molar-refractivity contribution is 0.582. The highest BCUT2D eigenvalue weighted by molar-refractivity contribution is 7.89. The molecule has 0 saturated carbocycles. The van der Waals surface area contributed by atoms with Gasteiger partial charge in [0.2, 0.25) is 10.0 Å². The number of nitrogens with zero attached hydrogens (tertiary/aromatic N) is 1. The number of sulfonamides is 1. The molecule has 0 aromatic carbocycles. The minimum absolute atomic E-state index is 0.00615. The van der Waals surface area contributed by atoms with Gasteiger partial charge in [-0.3, -0.25) is 0 Å². The summed E-state index contributed by atoms with van der Waals surface area (Å²) < 4.78 is 26.4. The second-order valence-electron chi connectivity index (χ2n) is 3.75. The topological polar surface area (TPSA) is 101 Å². The number of rotatable bonds is 5. The molecule has 2 rings (SSSR count). The van der Waals surface area contributed by atoms with Crippen LogP contribution in [-0.4, -0.2) is 24.9 Å². The van der Waals surface area contributed by atoms with Gasteiger partial charge in [-0.05, 0) is 30.2 Å². The molecule has 7 heteroatoms. The SMILES string of the molecule is Nc1ncccc1S(=O)(=O)NCCc1cc[nH]c1. The Morgan fingerprint density at radius 1 is 1.39 bits per heavy atom. The van der Waals surface area contributed by atoms with Crippen LogP contribution in [0.5, 0.6) is 0 Å². The Balaban J connectivity index is 2.02. The van der Waals surface area contributed by atoms with Crippen LogP contribution in [0.3, 0.4) is 0 Å². The van der Waals surface area contributed by atoms with E-state index in [4.69, 9.17) is 5.73 Å². The van der Waals surface area contributed by atoms with E-state index < -0.39 is 10.0 Å². The third-order valence-corrected chi connectivity index (χ3v) is 3.97. The van der Waals surface area contributed by atoms with Crippen LogP contribution >= 0.6 is 0 Å². The number of nitrogens with one attached hydrogen (secondary N) is 2. The van der Waals surface area contributed by atoms with Gasteiger partial charge in [-0.2, -0.15) is 0 Å². The van der Waals surface area contributed by atoms with E-state index in [1.165, 1.54) is 18.3 Å². The standard InChI is InChI=1S/C11H14N4O2S/c12-11-10(2-1-5-14-11)18(16,17)15-7-4-9-3-6-13-8-9/h1-3,5-6,8,13,15H,4,7H2,(H2,12,14).